The molecule has 0 saturated carbocycles. The smallest absolute Gasteiger partial charge is 0.270 e. The van der Waals surface area contributed by atoms with Crippen molar-refractivity contribution in [2.75, 3.05) is 13.2 Å². The lowest BCUT2D eigenvalue weighted by molar-refractivity contribution is 0.0942. The second-order valence-corrected chi connectivity index (χ2v) is 5.15. The molecule has 0 aromatic carbocycles. The molecule has 108 valence electrons. The highest BCUT2D eigenvalue weighted by Gasteiger charge is 2.18. The van der Waals surface area contributed by atoms with E-state index >= 15 is 0 Å². The summed E-state index contributed by atoms with van der Waals surface area (Å²) in [5, 5.41) is 2.93. The third-order valence-corrected chi connectivity index (χ3v) is 2.97. The number of fused-ring (bicyclic) bond motifs is 1. The molecule has 1 amide bonds. The topological polar surface area (TPSA) is 55.6 Å². The van der Waals surface area contributed by atoms with Gasteiger partial charge in [0.2, 0.25) is 0 Å². The third-order valence-electron chi connectivity index (χ3n) is 2.97. The van der Waals surface area contributed by atoms with Crippen molar-refractivity contribution in [3.63, 3.8) is 0 Å². The van der Waals surface area contributed by atoms with E-state index in [1.807, 2.05) is 32.2 Å². The summed E-state index contributed by atoms with van der Waals surface area (Å²) in [4.78, 5) is 16.8. The monoisotopic (exact) mass is 275 g/mol. The maximum Gasteiger partial charge on any atom is 0.270 e. The fourth-order valence-electron chi connectivity index (χ4n) is 2.08. The van der Waals surface area contributed by atoms with Crippen molar-refractivity contribution in [1.82, 2.24) is 14.7 Å². The minimum absolute atomic E-state index is 0.0997. The number of pyridine rings is 1. The molecule has 2 heterocycles. The van der Waals surface area contributed by atoms with Crippen molar-refractivity contribution in [3.05, 3.63) is 29.7 Å². The largest absolute Gasteiger partial charge is 0.490 e. The number of nitrogens with zero attached hydrogens (tertiary/aromatic N) is 2. The fraction of sp³-hybridized carbons (Fsp3) is 0.467. The van der Waals surface area contributed by atoms with Gasteiger partial charge in [-0.15, -0.1) is 0 Å². The van der Waals surface area contributed by atoms with Crippen LogP contribution in [0.3, 0.4) is 0 Å². The van der Waals surface area contributed by atoms with Gasteiger partial charge in [0.15, 0.2) is 11.4 Å². The van der Waals surface area contributed by atoms with Crippen molar-refractivity contribution in [2.24, 2.45) is 5.92 Å². The van der Waals surface area contributed by atoms with Crippen LogP contribution < -0.4 is 10.1 Å². The minimum Gasteiger partial charge on any atom is -0.490 e. The number of aromatic nitrogens is 2. The Morgan fingerprint density at radius 2 is 2.25 bits per heavy atom. The SMILES string of the molecule is CCOc1cccn2c(C(=O)NCC(C)C)c(C)nc12. The van der Waals surface area contributed by atoms with Crippen molar-refractivity contribution in [3.8, 4) is 5.75 Å². The maximum atomic E-state index is 12.3. The highest BCUT2D eigenvalue weighted by Crippen LogP contribution is 2.21. The molecule has 0 saturated heterocycles. The van der Waals surface area contributed by atoms with Gasteiger partial charge in [0.05, 0.1) is 12.3 Å². The van der Waals surface area contributed by atoms with E-state index in [0.29, 0.717) is 41.9 Å². The zero-order chi connectivity index (χ0) is 14.7. The molecule has 0 aliphatic heterocycles. The number of imidazole rings is 1. The molecule has 0 bridgehead atoms. The zero-order valence-corrected chi connectivity index (χ0v) is 12.4. The Kier molecular flexibility index (Phi) is 4.27. The van der Waals surface area contributed by atoms with Gasteiger partial charge in [0.25, 0.3) is 5.91 Å². The summed E-state index contributed by atoms with van der Waals surface area (Å²) in [6.07, 6.45) is 1.84. The summed E-state index contributed by atoms with van der Waals surface area (Å²) < 4.78 is 7.34. The molecule has 0 spiro atoms. The molecule has 2 aromatic heterocycles. The molecule has 1 N–H and O–H groups in total. The van der Waals surface area contributed by atoms with Crippen molar-refractivity contribution < 1.29 is 9.53 Å². The van der Waals surface area contributed by atoms with Crippen LogP contribution in [0.2, 0.25) is 0 Å². The number of hydrogen-bond donors (Lipinski definition) is 1. The quantitative estimate of drug-likeness (QED) is 0.911. The Balaban J connectivity index is 2.41. The summed E-state index contributed by atoms with van der Waals surface area (Å²) in [5.41, 5.74) is 1.96. The summed E-state index contributed by atoms with van der Waals surface area (Å²) in [7, 11) is 0. The average Bonchev–Trinajstić information content (AvgIpc) is 2.73. The van der Waals surface area contributed by atoms with Crippen molar-refractivity contribution >= 4 is 11.6 Å². The first-order valence-electron chi connectivity index (χ1n) is 6.93. The lowest BCUT2D eigenvalue weighted by atomic mass is 10.2. The van der Waals surface area contributed by atoms with Crippen molar-refractivity contribution in [1.29, 1.82) is 0 Å². The Morgan fingerprint density at radius 3 is 2.90 bits per heavy atom. The molecule has 2 rings (SSSR count). The second kappa shape index (κ2) is 5.94. The third kappa shape index (κ3) is 2.76. The second-order valence-electron chi connectivity index (χ2n) is 5.15. The first kappa shape index (κ1) is 14.4. The standard InChI is InChI=1S/C15H21N3O2/c1-5-20-12-7-6-8-18-13(11(4)17-14(12)18)15(19)16-9-10(2)3/h6-8,10H,5,9H2,1-4H3,(H,16,19). The number of hydrogen-bond acceptors (Lipinski definition) is 3. The van der Waals surface area contributed by atoms with Crippen molar-refractivity contribution in [2.45, 2.75) is 27.7 Å². The Labute approximate surface area is 119 Å². The number of ether oxygens (including phenoxy) is 1. The summed E-state index contributed by atoms with van der Waals surface area (Å²) in [6, 6.07) is 3.72. The van der Waals surface area contributed by atoms with Gasteiger partial charge in [-0.2, -0.15) is 0 Å². The molecule has 0 unspecified atom stereocenters. The van der Waals surface area contributed by atoms with Gasteiger partial charge in [-0.05, 0) is 31.9 Å². The maximum absolute atomic E-state index is 12.3. The summed E-state index contributed by atoms with van der Waals surface area (Å²) >= 11 is 0. The van der Waals surface area contributed by atoms with Crippen LogP contribution in [-0.4, -0.2) is 28.4 Å². The van der Waals surface area contributed by atoms with E-state index in [1.165, 1.54) is 0 Å². The first-order chi connectivity index (χ1) is 9.54. The normalized spacial score (nSPS) is 11.1. The van der Waals surface area contributed by atoms with Crippen LogP contribution in [0.4, 0.5) is 0 Å². The van der Waals surface area contributed by atoms with E-state index in [-0.39, 0.29) is 5.91 Å². The van der Waals surface area contributed by atoms with Crippen LogP contribution >= 0.6 is 0 Å². The number of nitrogens with one attached hydrogen (secondary N) is 1. The molecule has 0 radical (unpaired) electrons. The van der Waals surface area contributed by atoms with Crippen LogP contribution in [0.1, 0.15) is 37.0 Å². The molecule has 0 fully saturated rings. The van der Waals surface area contributed by atoms with Gasteiger partial charge in [-0.1, -0.05) is 13.8 Å². The fourth-order valence-corrected chi connectivity index (χ4v) is 2.08. The van der Waals surface area contributed by atoms with E-state index in [9.17, 15) is 4.79 Å². The van der Waals surface area contributed by atoms with Gasteiger partial charge in [-0.25, -0.2) is 4.98 Å². The molecule has 0 aliphatic rings. The lowest BCUT2D eigenvalue weighted by Gasteiger charge is -2.09. The van der Waals surface area contributed by atoms with Crippen LogP contribution in [0, 0.1) is 12.8 Å². The number of rotatable bonds is 5. The molecule has 0 aliphatic carbocycles. The van der Waals surface area contributed by atoms with Crippen LogP contribution in [0.5, 0.6) is 5.75 Å². The van der Waals surface area contributed by atoms with Gasteiger partial charge < -0.3 is 10.1 Å². The molecule has 5 heteroatoms. The molecular weight excluding hydrogens is 254 g/mol. The molecular formula is C15H21N3O2. The van der Waals surface area contributed by atoms with Gasteiger partial charge in [0, 0.05) is 12.7 Å². The summed E-state index contributed by atoms with van der Waals surface area (Å²) in [5.74, 6) is 1.01. The highest BCUT2D eigenvalue weighted by molar-refractivity contribution is 5.94. The zero-order valence-electron chi connectivity index (χ0n) is 12.4. The van der Waals surface area contributed by atoms with Gasteiger partial charge in [-0.3, -0.25) is 9.20 Å². The highest BCUT2D eigenvalue weighted by atomic mass is 16.5. The molecule has 20 heavy (non-hydrogen) atoms. The number of aryl methyl sites for hydroxylation is 1. The average molecular weight is 275 g/mol. The van der Waals surface area contributed by atoms with Gasteiger partial charge >= 0.3 is 0 Å². The lowest BCUT2D eigenvalue weighted by Crippen LogP contribution is -2.28. The predicted molar refractivity (Wildman–Crippen MR) is 78.3 cm³/mol. The van der Waals surface area contributed by atoms with E-state index in [0.717, 1.165) is 0 Å². The van der Waals surface area contributed by atoms with E-state index < -0.39 is 0 Å². The first-order valence-corrected chi connectivity index (χ1v) is 6.93. The van der Waals surface area contributed by atoms with E-state index in [1.54, 1.807) is 4.40 Å². The predicted octanol–water partition coefficient (Wildman–Crippen LogP) is 2.43. The summed E-state index contributed by atoms with van der Waals surface area (Å²) in [6.45, 7) is 9.11. The number of amides is 1. The van der Waals surface area contributed by atoms with Crippen LogP contribution in [0.25, 0.3) is 5.65 Å². The Hall–Kier alpha value is -2.04. The molecule has 2 aromatic rings. The molecule has 5 nitrogen and oxygen atoms in total. The number of carbonyl (C=O) groups excluding carboxylic acids is 1. The van der Waals surface area contributed by atoms with E-state index in [2.05, 4.69) is 24.1 Å². The van der Waals surface area contributed by atoms with E-state index in [4.69, 9.17) is 4.74 Å². The molecule has 0 atom stereocenters. The van der Waals surface area contributed by atoms with Crippen LogP contribution in [0.15, 0.2) is 18.3 Å². The minimum atomic E-state index is -0.0997. The van der Waals surface area contributed by atoms with Crippen LogP contribution in [-0.2, 0) is 0 Å². The Bertz CT molecular complexity index is 617. The Morgan fingerprint density at radius 1 is 1.50 bits per heavy atom. The van der Waals surface area contributed by atoms with Gasteiger partial charge in [0.1, 0.15) is 5.69 Å². The number of carbonyl (C=O) groups is 1.